The van der Waals surface area contributed by atoms with Crippen LogP contribution >= 0.6 is 11.8 Å². The average molecular weight is 281 g/mol. The van der Waals surface area contributed by atoms with E-state index in [1.807, 2.05) is 36.0 Å². The van der Waals surface area contributed by atoms with E-state index >= 15 is 0 Å². The smallest absolute Gasteiger partial charge is 0.123 e. The lowest BCUT2D eigenvalue weighted by atomic mass is 10.1. The lowest BCUT2D eigenvalue weighted by Gasteiger charge is -2.18. The van der Waals surface area contributed by atoms with Gasteiger partial charge in [0.25, 0.3) is 0 Å². The predicted octanol–water partition coefficient (Wildman–Crippen LogP) is 3.27. The van der Waals surface area contributed by atoms with Gasteiger partial charge in [0, 0.05) is 29.7 Å². The third-order valence-corrected chi connectivity index (χ3v) is 3.80. The number of ether oxygens (including phenoxy) is 2. The van der Waals surface area contributed by atoms with E-state index in [2.05, 4.69) is 18.8 Å². The second kappa shape index (κ2) is 8.88. The first-order valence-corrected chi connectivity index (χ1v) is 7.52. The van der Waals surface area contributed by atoms with Gasteiger partial charge in [-0.3, -0.25) is 0 Å². The molecule has 0 amide bonds. The molecule has 19 heavy (non-hydrogen) atoms. The van der Waals surface area contributed by atoms with E-state index in [-0.39, 0.29) is 6.04 Å². The zero-order valence-electron chi connectivity index (χ0n) is 11.9. The Bertz CT molecular complexity index is 396. The fourth-order valence-corrected chi connectivity index (χ4v) is 2.40. The number of nitrogens with one attached hydrogen (secondary N) is 1. The van der Waals surface area contributed by atoms with Crippen LogP contribution in [0.4, 0.5) is 0 Å². The van der Waals surface area contributed by atoms with Crippen molar-refractivity contribution in [3.8, 4) is 11.5 Å². The number of benzene rings is 1. The first-order valence-electron chi connectivity index (χ1n) is 6.36. The Hall–Kier alpha value is -1.13. The molecule has 0 aliphatic carbocycles. The lowest BCUT2D eigenvalue weighted by molar-refractivity contribution is 0.392. The summed E-state index contributed by atoms with van der Waals surface area (Å²) in [7, 11) is 3.37. The minimum atomic E-state index is 0.231. The molecule has 4 heteroatoms. The van der Waals surface area contributed by atoms with Crippen LogP contribution in [0.15, 0.2) is 30.9 Å². The molecule has 0 saturated heterocycles. The molecular formula is C15H23NO2S. The standard InChI is InChI=1S/C15H23NO2S/c1-5-9-19-10-8-16-12(2)14-11-13(17-3)6-7-15(14)18-4/h5-7,11-12,16H,1,8-10H2,2-4H3. The van der Waals surface area contributed by atoms with E-state index in [0.29, 0.717) is 0 Å². The quantitative estimate of drug-likeness (QED) is 0.556. The fraction of sp³-hybridized carbons (Fsp3) is 0.467. The summed E-state index contributed by atoms with van der Waals surface area (Å²) in [6.45, 7) is 6.80. The van der Waals surface area contributed by atoms with Gasteiger partial charge in [0.05, 0.1) is 14.2 Å². The largest absolute Gasteiger partial charge is 0.497 e. The molecule has 0 bridgehead atoms. The molecule has 0 aliphatic rings. The first-order chi connectivity index (χ1) is 9.22. The summed E-state index contributed by atoms with van der Waals surface area (Å²) in [5.74, 6) is 3.81. The summed E-state index contributed by atoms with van der Waals surface area (Å²) in [5, 5.41) is 3.49. The van der Waals surface area contributed by atoms with E-state index < -0.39 is 0 Å². The minimum absolute atomic E-state index is 0.231. The molecule has 1 rings (SSSR count). The maximum absolute atomic E-state index is 5.40. The van der Waals surface area contributed by atoms with Gasteiger partial charge in [-0.05, 0) is 25.1 Å². The summed E-state index contributed by atoms with van der Waals surface area (Å²) in [6.07, 6.45) is 1.93. The van der Waals surface area contributed by atoms with Crippen LogP contribution in [-0.2, 0) is 0 Å². The van der Waals surface area contributed by atoms with Gasteiger partial charge in [0.2, 0.25) is 0 Å². The Morgan fingerprint density at radius 1 is 1.37 bits per heavy atom. The highest BCUT2D eigenvalue weighted by molar-refractivity contribution is 7.99. The average Bonchev–Trinajstić information content (AvgIpc) is 2.46. The molecule has 1 aromatic carbocycles. The van der Waals surface area contributed by atoms with Gasteiger partial charge in [-0.1, -0.05) is 6.08 Å². The van der Waals surface area contributed by atoms with Crippen molar-refractivity contribution in [1.82, 2.24) is 5.32 Å². The van der Waals surface area contributed by atoms with E-state index in [1.165, 1.54) is 0 Å². The van der Waals surface area contributed by atoms with Crippen molar-refractivity contribution in [1.29, 1.82) is 0 Å². The fourth-order valence-electron chi connectivity index (χ4n) is 1.80. The highest BCUT2D eigenvalue weighted by Crippen LogP contribution is 2.29. The minimum Gasteiger partial charge on any atom is -0.497 e. The molecule has 0 heterocycles. The van der Waals surface area contributed by atoms with Crippen molar-refractivity contribution in [2.45, 2.75) is 13.0 Å². The van der Waals surface area contributed by atoms with Crippen LogP contribution in [0.25, 0.3) is 0 Å². The summed E-state index contributed by atoms with van der Waals surface area (Å²) < 4.78 is 10.7. The summed E-state index contributed by atoms with van der Waals surface area (Å²) in [4.78, 5) is 0. The number of methoxy groups -OCH3 is 2. The SMILES string of the molecule is C=CCSCCNC(C)c1cc(OC)ccc1OC. The van der Waals surface area contributed by atoms with Crippen LogP contribution in [0.3, 0.4) is 0 Å². The lowest BCUT2D eigenvalue weighted by Crippen LogP contribution is -2.22. The topological polar surface area (TPSA) is 30.5 Å². The van der Waals surface area contributed by atoms with Gasteiger partial charge in [0.1, 0.15) is 11.5 Å². The van der Waals surface area contributed by atoms with Gasteiger partial charge < -0.3 is 14.8 Å². The second-order valence-electron chi connectivity index (χ2n) is 4.15. The summed E-state index contributed by atoms with van der Waals surface area (Å²) >= 11 is 1.87. The van der Waals surface area contributed by atoms with Crippen LogP contribution < -0.4 is 14.8 Å². The van der Waals surface area contributed by atoms with E-state index in [0.717, 1.165) is 35.1 Å². The molecule has 0 radical (unpaired) electrons. The van der Waals surface area contributed by atoms with Crippen LogP contribution in [0, 0.1) is 0 Å². The highest BCUT2D eigenvalue weighted by Gasteiger charge is 2.11. The highest BCUT2D eigenvalue weighted by atomic mass is 32.2. The van der Waals surface area contributed by atoms with Crippen molar-refractivity contribution in [3.05, 3.63) is 36.4 Å². The van der Waals surface area contributed by atoms with Gasteiger partial charge in [-0.2, -0.15) is 11.8 Å². The molecule has 106 valence electrons. The van der Waals surface area contributed by atoms with Gasteiger partial charge in [-0.15, -0.1) is 6.58 Å². The van der Waals surface area contributed by atoms with Crippen molar-refractivity contribution in [2.75, 3.05) is 32.3 Å². The Kier molecular flexibility index (Phi) is 7.45. The Balaban J connectivity index is 2.58. The molecular weight excluding hydrogens is 258 g/mol. The normalized spacial score (nSPS) is 11.9. The van der Waals surface area contributed by atoms with E-state index in [9.17, 15) is 0 Å². The molecule has 1 aromatic rings. The van der Waals surface area contributed by atoms with Crippen molar-refractivity contribution < 1.29 is 9.47 Å². The van der Waals surface area contributed by atoms with E-state index in [1.54, 1.807) is 14.2 Å². The van der Waals surface area contributed by atoms with Crippen molar-refractivity contribution in [3.63, 3.8) is 0 Å². The Morgan fingerprint density at radius 3 is 2.79 bits per heavy atom. The second-order valence-corrected chi connectivity index (χ2v) is 5.30. The van der Waals surface area contributed by atoms with Crippen molar-refractivity contribution in [2.24, 2.45) is 0 Å². The van der Waals surface area contributed by atoms with Gasteiger partial charge in [-0.25, -0.2) is 0 Å². The Labute approximate surface area is 120 Å². The van der Waals surface area contributed by atoms with Crippen LogP contribution in [0.1, 0.15) is 18.5 Å². The molecule has 1 unspecified atom stereocenters. The van der Waals surface area contributed by atoms with E-state index in [4.69, 9.17) is 9.47 Å². The van der Waals surface area contributed by atoms with Crippen LogP contribution in [-0.4, -0.2) is 32.3 Å². The molecule has 0 aliphatic heterocycles. The maximum Gasteiger partial charge on any atom is 0.123 e. The maximum atomic E-state index is 5.40. The monoisotopic (exact) mass is 281 g/mol. The number of hydrogen-bond acceptors (Lipinski definition) is 4. The van der Waals surface area contributed by atoms with Crippen LogP contribution in [0.5, 0.6) is 11.5 Å². The number of rotatable bonds is 9. The first kappa shape index (κ1) is 15.9. The van der Waals surface area contributed by atoms with Crippen molar-refractivity contribution >= 4 is 11.8 Å². The molecule has 0 spiro atoms. The number of thioether (sulfide) groups is 1. The zero-order chi connectivity index (χ0) is 14.1. The molecule has 1 atom stereocenters. The predicted molar refractivity (Wildman–Crippen MR) is 83.5 cm³/mol. The molecule has 0 saturated carbocycles. The molecule has 1 N–H and O–H groups in total. The van der Waals surface area contributed by atoms with Gasteiger partial charge in [0.15, 0.2) is 0 Å². The number of hydrogen-bond donors (Lipinski definition) is 1. The summed E-state index contributed by atoms with van der Waals surface area (Å²) in [6, 6.07) is 6.11. The third kappa shape index (κ3) is 5.17. The zero-order valence-corrected chi connectivity index (χ0v) is 12.8. The molecule has 0 aromatic heterocycles. The third-order valence-electron chi connectivity index (χ3n) is 2.84. The summed E-state index contributed by atoms with van der Waals surface area (Å²) in [5.41, 5.74) is 1.12. The molecule has 3 nitrogen and oxygen atoms in total. The molecule has 0 fully saturated rings. The Morgan fingerprint density at radius 2 is 2.16 bits per heavy atom. The van der Waals surface area contributed by atoms with Crippen LogP contribution in [0.2, 0.25) is 0 Å². The van der Waals surface area contributed by atoms with Gasteiger partial charge >= 0.3 is 0 Å².